The van der Waals surface area contributed by atoms with Gasteiger partial charge in [-0.2, -0.15) is 11.8 Å². The van der Waals surface area contributed by atoms with Crippen LogP contribution in [0.2, 0.25) is 0 Å². The summed E-state index contributed by atoms with van der Waals surface area (Å²) < 4.78 is 5.36. The Hall–Kier alpha value is -1.20. The van der Waals surface area contributed by atoms with E-state index < -0.39 is 0 Å². The molecule has 0 spiro atoms. The predicted molar refractivity (Wildman–Crippen MR) is 80.8 cm³/mol. The number of thioether (sulfide) groups is 1. The Morgan fingerprint density at radius 2 is 2.20 bits per heavy atom. The molecule has 0 bridgehead atoms. The average Bonchev–Trinajstić information content (AvgIpc) is 2.52. The van der Waals surface area contributed by atoms with Crippen LogP contribution in [0.1, 0.15) is 18.4 Å². The standard InChI is InChI=1S/C15H21NO3S/c17-9-8-16(14-7-4-10-20-12-14)15(18)19-11-13-5-2-1-3-6-13/h1-3,5-6,14,17H,4,7-12H2. The van der Waals surface area contributed by atoms with Crippen LogP contribution in [-0.4, -0.2) is 46.8 Å². The zero-order chi connectivity index (χ0) is 14.2. The smallest absolute Gasteiger partial charge is 0.410 e. The van der Waals surface area contributed by atoms with E-state index in [2.05, 4.69) is 0 Å². The third-order valence-corrected chi connectivity index (χ3v) is 4.56. The highest BCUT2D eigenvalue weighted by molar-refractivity contribution is 7.99. The second kappa shape index (κ2) is 8.17. The van der Waals surface area contributed by atoms with Gasteiger partial charge in [-0.15, -0.1) is 0 Å². The Bertz CT molecular complexity index is 407. The minimum Gasteiger partial charge on any atom is -0.445 e. The molecule has 1 aromatic rings. The van der Waals surface area contributed by atoms with Gasteiger partial charge in [-0.05, 0) is 24.2 Å². The van der Waals surface area contributed by atoms with Gasteiger partial charge in [-0.3, -0.25) is 0 Å². The molecule has 1 fully saturated rings. The summed E-state index contributed by atoms with van der Waals surface area (Å²) in [5.41, 5.74) is 0.975. The molecule has 1 atom stereocenters. The number of benzene rings is 1. The van der Waals surface area contributed by atoms with Gasteiger partial charge in [0.15, 0.2) is 0 Å². The van der Waals surface area contributed by atoms with E-state index in [1.165, 1.54) is 0 Å². The Morgan fingerprint density at radius 3 is 2.85 bits per heavy atom. The van der Waals surface area contributed by atoms with E-state index in [0.717, 1.165) is 29.9 Å². The molecule has 0 aromatic heterocycles. The van der Waals surface area contributed by atoms with Crippen LogP contribution < -0.4 is 0 Å². The van der Waals surface area contributed by atoms with Crippen molar-refractivity contribution in [2.45, 2.75) is 25.5 Å². The van der Waals surface area contributed by atoms with Crippen LogP contribution in [0.3, 0.4) is 0 Å². The van der Waals surface area contributed by atoms with Crippen molar-refractivity contribution < 1.29 is 14.6 Å². The SMILES string of the molecule is O=C(OCc1ccccc1)N(CCO)C1CCCSC1. The lowest BCUT2D eigenvalue weighted by Crippen LogP contribution is -2.44. The van der Waals surface area contributed by atoms with Crippen molar-refractivity contribution in [1.29, 1.82) is 0 Å². The van der Waals surface area contributed by atoms with Crippen molar-refractivity contribution in [2.24, 2.45) is 0 Å². The minimum absolute atomic E-state index is 0.0262. The van der Waals surface area contributed by atoms with Gasteiger partial charge in [0.25, 0.3) is 0 Å². The van der Waals surface area contributed by atoms with Crippen LogP contribution in [0, 0.1) is 0 Å². The van der Waals surface area contributed by atoms with E-state index in [-0.39, 0.29) is 25.3 Å². The largest absolute Gasteiger partial charge is 0.445 e. The van der Waals surface area contributed by atoms with E-state index >= 15 is 0 Å². The molecular weight excluding hydrogens is 274 g/mol. The zero-order valence-electron chi connectivity index (χ0n) is 11.5. The molecule has 1 aliphatic rings. The van der Waals surface area contributed by atoms with Crippen LogP contribution in [-0.2, 0) is 11.3 Å². The highest BCUT2D eigenvalue weighted by Crippen LogP contribution is 2.22. The van der Waals surface area contributed by atoms with E-state index in [1.54, 1.807) is 4.90 Å². The molecule has 1 amide bonds. The van der Waals surface area contributed by atoms with Gasteiger partial charge in [0, 0.05) is 18.3 Å². The molecule has 2 rings (SSSR count). The van der Waals surface area contributed by atoms with Crippen molar-refractivity contribution in [3.05, 3.63) is 35.9 Å². The molecule has 0 aliphatic carbocycles. The number of rotatable bonds is 5. The number of aliphatic hydroxyl groups is 1. The normalized spacial score (nSPS) is 18.6. The molecule has 110 valence electrons. The topological polar surface area (TPSA) is 49.8 Å². The lowest BCUT2D eigenvalue weighted by atomic mass is 10.1. The number of aliphatic hydroxyl groups excluding tert-OH is 1. The summed E-state index contributed by atoms with van der Waals surface area (Å²) in [6.07, 6.45) is 1.78. The van der Waals surface area contributed by atoms with E-state index in [0.29, 0.717) is 6.54 Å². The number of nitrogens with zero attached hydrogens (tertiary/aromatic N) is 1. The van der Waals surface area contributed by atoms with Crippen LogP contribution in [0.4, 0.5) is 4.79 Å². The van der Waals surface area contributed by atoms with Gasteiger partial charge in [-0.25, -0.2) is 4.79 Å². The molecule has 0 radical (unpaired) electrons. The Balaban J connectivity index is 1.89. The van der Waals surface area contributed by atoms with Gasteiger partial charge >= 0.3 is 6.09 Å². The highest BCUT2D eigenvalue weighted by Gasteiger charge is 2.26. The summed E-state index contributed by atoms with van der Waals surface area (Å²) >= 11 is 1.86. The first-order valence-corrected chi connectivity index (χ1v) is 8.12. The molecule has 0 saturated carbocycles. The van der Waals surface area contributed by atoms with E-state index in [9.17, 15) is 4.79 Å². The number of carbonyl (C=O) groups excluding carboxylic acids is 1. The van der Waals surface area contributed by atoms with Crippen LogP contribution in [0.5, 0.6) is 0 Å². The monoisotopic (exact) mass is 295 g/mol. The maximum Gasteiger partial charge on any atom is 0.410 e. The van der Waals surface area contributed by atoms with Crippen molar-refractivity contribution in [1.82, 2.24) is 4.90 Å². The number of hydrogen-bond donors (Lipinski definition) is 1. The maximum absolute atomic E-state index is 12.2. The van der Waals surface area contributed by atoms with Crippen molar-refractivity contribution in [3.8, 4) is 0 Å². The molecule has 5 heteroatoms. The quantitative estimate of drug-likeness (QED) is 0.907. The number of carbonyl (C=O) groups is 1. The average molecular weight is 295 g/mol. The second-order valence-corrected chi connectivity index (χ2v) is 5.98. The summed E-state index contributed by atoms with van der Waals surface area (Å²) in [5, 5.41) is 9.15. The number of ether oxygens (including phenoxy) is 1. The maximum atomic E-state index is 12.2. The molecular formula is C15H21NO3S. The molecule has 20 heavy (non-hydrogen) atoms. The molecule has 4 nitrogen and oxygen atoms in total. The van der Waals surface area contributed by atoms with Crippen LogP contribution in [0.15, 0.2) is 30.3 Å². The molecule has 1 saturated heterocycles. The third-order valence-electron chi connectivity index (χ3n) is 3.36. The van der Waals surface area contributed by atoms with Crippen molar-refractivity contribution in [2.75, 3.05) is 24.7 Å². The van der Waals surface area contributed by atoms with Gasteiger partial charge < -0.3 is 14.7 Å². The van der Waals surface area contributed by atoms with Gasteiger partial charge in [0.05, 0.1) is 6.61 Å². The molecule has 1 heterocycles. The summed E-state index contributed by atoms with van der Waals surface area (Å²) in [4.78, 5) is 13.9. The van der Waals surface area contributed by atoms with E-state index in [4.69, 9.17) is 9.84 Å². The highest BCUT2D eigenvalue weighted by atomic mass is 32.2. The zero-order valence-corrected chi connectivity index (χ0v) is 12.3. The van der Waals surface area contributed by atoms with Gasteiger partial charge in [0.1, 0.15) is 6.61 Å². The van der Waals surface area contributed by atoms with Crippen molar-refractivity contribution in [3.63, 3.8) is 0 Å². The fraction of sp³-hybridized carbons (Fsp3) is 0.533. The Kier molecular flexibility index (Phi) is 6.21. The van der Waals surface area contributed by atoms with Crippen molar-refractivity contribution >= 4 is 17.9 Å². The first-order valence-electron chi connectivity index (χ1n) is 6.97. The molecule has 1 unspecified atom stereocenters. The summed E-state index contributed by atoms with van der Waals surface area (Å²) in [7, 11) is 0. The number of amides is 1. The van der Waals surface area contributed by atoms with Gasteiger partial charge in [0.2, 0.25) is 0 Å². The Morgan fingerprint density at radius 1 is 1.40 bits per heavy atom. The minimum atomic E-state index is -0.324. The molecule has 1 aromatic carbocycles. The fourth-order valence-electron chi connectivity index (χ4n) is 2.30. The first-order chi connectivity index (χ1) is 9.81. The first kappa shape index (κ1) is 15.2. The van der Waals surface area contributed by atoms with Crippen LogP contribution in [0.25, 0.3) is 0 Å². The molecule has 1 aliphatic heterocycles. The lowest BCUT2D eigenvalue weighted by Gasteiger charge is -2.32. The lowest BCUT2D eigenvalue weighted by molar-refractivity contribution is 0.0732. The summed E-state index contributed by atoms with van der Waals surface area (Å²) in [6.45, 7) is 0.599. The second-order valence-electron chi connectivity index (χ2n) is 4.83. The summed E-state index contributed by atoms with van der Waals surface area (Å²) in [5.74, 6) is 2.09. The summed E-state index contributed by atoms with van der Waals surface area (Å²) in [6, 6.07) is 9.83. The van der Waals surface area contributed by atoms with E-state index in [1.807, 2.05) is 42.1 Å². The third kappa shape index (κ3) is 4.42. The predicted octanol–water partition coefficient (Wildman–Crippen LogP) is 2.51. The van der Waals surface area contributed by atoms with Gasteiger partial charge in [-0.1, -0.05) is 30.3 Å². The fourth-order valence-corrected chi connectivity index (χ4v) is 3.46. The number of hydrogen-bond acceptors (Lipinski definition) is 4. The molecule has 1 N–H and O–H groups in total. The van der Waals surface area contributed by atoms with Crippen LogP contribution >= 0.6 is 11.8 Å². The Labute approximate surface area is 124 Å².